The van der Waals surface area contributed by atoms with E-state index in [4.69, 9.17) is 4.98 Å². The molecule has 1 aromatic carbocycles. The van der Waals surface area contributed by atoms with E-state index in [2.05, 4.69) is 32.1 Å². The zero-order chi connectivity index (χ0) is 15.5. The van der Waals surface area contributed by atoms with Crippen LogP contribution in [0.4, 0.5) is 0 Å². The van der Waals surface area contributed by atoms with Crippen LogP contribution in [-0.4, -0.2) is 9.55 Å². The van der Waals surface area contributed by atoms with Crippen LogP contribution in [0.1, 0.15) is 32.5 Å². The minimum absolute atomic E-state index is 0.0807. The fourth-order valence-electron chi connectivity index (χ4n) is 3.04. The second-order valence-corrected chi connectivity index (χ2v) is 6.08. The van der Waals surface area contributed by atoms with Gasteiger partial charge in [0.05, 0.1) is 10.9 Å². The molecule has 0 saturated heterocycles. The molecule has 0 amide bonds. The molecule has 0 unspecified atom stereocenters. The maximum Gasteiger partial charge on any atom is 0.261 e. The van der Waals surface area contributed by atoms with E-state index < -0.39 is 0 Å². The van der Waals surface area contributed by atoms with Crippen molar-refractivity contribution in [3.05, 3.63) is 64.2 Å². The molecule has 0 fully saturated rings. The summed E-state index contributed by atoms with van der Waals surface area (Å²) in [5.41, 5.74) is 2.18. The van der Waals surface area contributed by atoms with E-state index in [1.165, 1.54) is 5.57 Å². The lowest BCUT2D eigenvalue weighted by Gasteiger charge is -2.18. The van der Waals surface area contributed by atoms with E-state index in [-0.39, 0.29) is 5.56 Å². The van der Waals surface area contributed by atoms with Gasteiger partial charge in [0.1, 0.15) is 5.82 Å². The third kappa shape index (κ3) is 2.89. The van der Waals surface area contributed by atoms with Crippen LogP contribution in [0, 0.1) is 5.92 Å². The molecular weight excluding hydrogens is 272 g/mol. The molecule has 1 aliphatic carbocycles. The molecule has 1 heterocycles. The van der Waals surface area contributed by atoms with Gasteiger partial charge >= 0.3 is 0 Å². The summed E-state index contributed by atoms with van der Waals surface area (Å²) in [6.45, 7) is 4.98. The van der Waals surface area contributed by atoms with Gasteiger partial charge in [0, 0.05) is 13.0 Å². The summed E-state index contributed by atoms with van der Waals surface area (Å²) in [7, 11) is 0. The third-order valence-corrected chi connectivity index (χ3v) is 4.13. The van der Waals surface area contributed by atoms with Crippen molar-refractivity contribution in [2.24, 2.45) is 5.92 Å². The molecular formula is C19H22N2O. The van der Waals surface area contributed by atoms with Crippen LogP contribution in [0.25, 0.3) is 10.9 Å². The predicted molar refractivity (Wildman–Crippen MR) is 91.0 cm³/mol. The first kappa shape index (κ1) is 14.8. The molecule has 2 aromatic rings. The molecule has 22 heavy (non-hydrogen) atoms. The SMILES string of the molecule is CCCc1nc2ccccc2c(=O)n1CC1=CC=C[C@H](C)C1. The van der Waals surface area contributed by atoms with Crippen LogP contribution in [0.2, 0.25) is 0 Å². The number of hydrogen-bond donors (Lipinski definition) is 0. The predicted octanol–water partition coefficient (Wildman–Crippen LogP) is 3.87. The van der Waals surface area contributed by atoms with E-state index >= 15 is 0 Å². The molecule has 114 valence electrons. The van der Waals surface area contributed by atoms with Crippen molar-refractivity contribution in [2.45, 2.75) is 39.7 Å². The van der Waals surface area contributed by atoms with Crippen molar-refractivity contribution < 1.29 is 0 Å². The first-order valence-electron chi connectivity index (χ1n) is 8.03. The third-order valence-electron chi connectivity index (χ3n) is 4.13. The van der Waals surface area contributed by atoms with Gasteiger partial charge in [0.25, 0.3) is 5.56 Å². The summed E-state index contributed by atoms with van der Waals surface area (Å²) in [5, 5.41) is 0.711. The van der Waals surface area contributed by atoms with Gasteiger partial charge in [0.2, 0.25) is 0 Å². The van der Waals surface area contributed by atoms with Gasteiger partial charge in [-0.3, -0.25) is 9.36 Å². The second-order valence-electron chi connectivity index (χ2n) is 6.08. The summed E-state index contributed by atoms with van der Waals surface area (Å²) in [6.07, 6.45) is 9.28. The Balaban J connectivity index is 2.08. The van der Waals surface area contributed by atoms with E-state index in [1.54, 1.807) is 0 Å². The number of fused-ring (bicyclic) bond motifs is 1. The lowest BCUT2D eigenvalue weighted by molar-refractivity contribution is 0.606. The van der Waals surface area contributed by atoms with Gasteiger partial charge in [-0.15, -0.1) is 0 Å². The number of allylic oxidation sites excluding steroid dienone is 4. The molecule has 0 saturated carbocycles. The maximum atomic E-state index is 12.9. The normalized spacial score (nSPS) is 17.7. The Morgan fingerprint density at radius 3 is 2.91 bits per heavy atom. The molecule has 1 aliphatic rings. The molecule has 3 nitrogen and oxygen atoms in total. The first-order valence-corrected chi connectivity index (χ1v) is 8.03. The van der Waals surface area contributed by atoms with Crippen molar-refractivity contribution in [2.75, 3.05) is 0 Å². The highest BCUT2D eigenvalue weighted by molar-refractivity contribution is 5.77. The van der Waals surface area contributed by atoms with Crippen LogP contribution in [0.5, 0.6) is 0 Å². The lowest BCUT2D eigenvalue weighted by atomic mass is 9.96. The van der Waals surface area contributed by atoms with Crippen molar-refractivity contribution in [3.8, 4) is 0 Å². The van der Waals surface area contributed by atoms with Crippen LogP contribution in [0.3, 0.4) is 0 Å². The maximum absolute atomic E-state index is 12.9. The van der Waals surface area contributed by atoms with Gasteiger partial charge in [0.15, 0.2) is 0 Å². The van der Waals surface area contributed by atoms with Crippen LogP contribution >= 0.6 is 0 Å². The van der Waals surface area contributed by atoms with Crippen LogP contribution in [0.15, 0.2) is 52.9 Å². The number of rotatable bonds is 4. The fraction of sp³-hybridized carbons (Fsp3) is 0.368. The highest BCUT2D eigenvalue weighted by Gasteiger charge is 2.13. The zero-order valence-electron chi connectivity index (χ0n) is 13.2. The standard InChI is InChI=1S/C19H22N2O/c1-3-7-18-20-17-11-5-4-10-16(17)19(22)21(18)13-15-9-6-8-14(2)12-15/h4-6,8-11,14H,3,7,12-13H2,1-2H3/t14-/m0/s1. The Labute approximate surface area is 131 Å². The molecule has 3 heteroatoms. The zero-order valence-corrected chi connectivity index (χ0v) is 13.2. The molecule has 0 radical (unpaired) electrons. The Bertz CT molecular complexity index is 799. The Kier molecular flexibility index (Phi) is 4.23. The minimum atomic E-state index is 0.0807. The average molecular weight is 294 g/mol. The Morgan fingerprint density at radius 2 is 2.14 bits per heavy atom. The van der Waals surface area contributed by atoms with Gasteiger partial charge in [-0.05, 0) is 36.5 Å². The van der Waals surface area contributed by atoms with E-state index in [1.807, 2.05) is 28.8 Å². The molecule has 0 N–H and O–H groups in total. The monoisotopic (exact) mass is 294 g/mol. The summed E-state index contributed by atoms with van der Waals surface area (Å²) in [4.78, 5) is 17.6. The molecule has 0 aliphatic heterocycles. The number of benzene rings is 1. The molecule has 3 rings (SSSR count). The average Bonchev–Trinajstić information content (AvgIpc) is 2.51. The number of para-hydroxylation sites is 1. The Hall–Kier alpha value is -2.16. The number of aryl methyl sites for hydroxylation is 1. The quantitative estimate of drug-likeness (QED) is 0.858. The molecule has 0 spiro atoms. The highest BCUT2D eigenvalue weighted by Crippen LogP contribution is 2.20. The first-order chi connectivity index (χ1) is 10.7. The van der Waals surface area contributed by atoms with E-state index in [0.717, 1.165) is 30.6 Å². The molecule has 0 bridgehead atoms. The molecule has 1 atom stereocenters. The lowest BCUT2D eigenvalue weighted by Crippen LogP contribution is -2.26. The number of aromatic nitrogens is 2. The molecule has 1 aromatic heterocycles. The van der Waals surface area contributed by atoms with Gasteiger partial charge in [-0.2, -0.15) is 0 Å². The van der Waals surface area contributed by atoms with Gasteiger partial charge < -0.3 is 0 Å². The summed E-state index contributed by atoms with van der Waals surface area (Å²) < 4.78 is 1.86. The van der Waals surface area contributed by atoms with Gasteiger partial charge in [-0.25, -0.2) is 4.98 Å². The van der Waals surface area contributed by atoms with Crippen molar-refractivity contribution in [1.82, 2.24) is 9.55 Å². The Morgan fingerprint density at radius 1 is 1.32 bits per heavy atom. The topological polar surface area (TPSA) is 34.9 Å². The van der Waals surface area contributed by atoms with Crippen LogP contribution in [-0.2, 0) is 13.0 Å². The van der Waals surface area contributed by atoms with Gasteiger partial charge in [-0.1, -0.05) is 44.2 Å². The van der Waals surface area contributed by atoms with E-state index in [0.29, 0.717) is 17.8 Å². The van der Waals surface area contributed by atoms with E-state index in [9.17, 15) is 4.79 Å². The smallest absolute Gasteiger partial charge is 0.261 e. The van der Waals surface area contributed by atoms with Crippen molar-refractivity contribution in [3.63, 3.8) is 0 Å². The van der Waals surface area contributed by atoms with Crippen LogP contribution < -0.4 is 5.56 Å². The minimum Gasteiger partial charge on any atom is -0.292 e. The number of nitrogens with zero attached hydrogens (tertiary/aromatic N) is 2. The van der Waals surface area contributed by atoms with Crippen molar-refractivity contribution in [1.29, 1.82) is 0 Å². The summed E-state index contributed by atoms with van der Waals surface area (Å²) >= 11 is 0. The summed E-state index contributed by atoms with van der Waals surface area (Å²) in [5.74, 6) is 1.44. The van der Waals surface area contributed by atoms with Crippen molar-refractivity contribution >= 4 is 10.9 Å². The number of hydrogen-bond acceptors (Lipinski definition) is 2. The summed E-state index contributed by atoms with van der Waals surface area (Å²) in [6, 6.07) is 7.63. The highest BCUT2D eigenvalue weighted by atomic mass is 16.1. The second kappa shape index (κ2) is 6.30. The fourth-order valence-corrected chi connectivity index (χ4v) is 3.04. The largest absolute Gasteiger partial charge is 0.292 e.